The van der Waals surface area contributed by atoms with Crippen molar-refractivity contribution in [3.05, 3.63) is 46.7 Å². The van der Waals surface area contributed by atoms with Gasteiger partial charge in [0.15, 0.2) is 0 Å². The van der Waals surface area contributed by atoms with Gasteiger partial charge in [-0.15, -0.1) is 11.3 Å². The summed E-state index contributed by atoms with van der Waals surface area (Å²) in [5.74, 6) is 0. The smallest absolute Gasteiger partial charge is 0.115 e. The summed E-state index contributed by atoms with van der Waals surface area (Å²) in [6.07, 6.45) is 3.73. The molecule has 1 atom stereocenters. The van der Waals surface area contributed by atoms with Crippen LogP contribution in [0.15, 0.2) is 30.6 Å². The predicted molar refractivity (Wildman–Crippen MR) is 73.6 cm³/mol. The van der Waals surface area contributed by atoms with Crippen LogP contribution in [0.25, 0.3) is 10.2 Å². The highest BCUT2D eigenvalue weighted by Crippen LogP contribution is 2.29. The summed E-state index contributed by atoms with van der Waals surface area (Å²) in [5, 5.41) is 5.08. The monoisotopic (exact) mass is 258 g/mol. The lowest BCUT2D eigenvalue weighted by atomic mass is 10.2. The number of nitrogens with zero attached hydrogens (tertiary/aromatic N) is 3. The van der Waals surface area contributed by atoms with Crippen molar-refractivity contribution in [2.75, 3.05) is 0 Å². The maximum Gasteiger partial charge on any atom is 0.115 e. The fraction of sp³-hybridized carbons (Fsp3) is 0.231. The van der Waals surface area contributed by atoms with Crippen LogP contribution in [0.1, 0.15) is 22.2 Å². The lowest BCUT2D eigenvalue weighted by Crippen LogP contribution is -2.10. The van der Waals surface area contributed by atoms with Crippen molar-refractivity contribution in [2.45, 2.75) is 13.0 Å². The van der Waals surface area contributed by atoms with E-state index in [0.29, 0.717) is 0 Å². The first-order valence-electron chi connectivity index (χ1n) is 5.75. The Morgan fingerprint density at radius 2 is 2.22 bits per heavy atom. The molecule has 1 unspecified atom stereocenters. The van der Waals surface area contributed by atoms with Crippen LogP contribution in [0.2, 0.25) is 0 Å². The van der Waals surface area contributed by atoms with Crippen LogP contribution in [0.5, 0.6) is 0 Å². The number of hydrogen-bond donors (Lipinski definition) is 1. The summed E-state index contributed by atoms with van der Waals surface area (Å²) in [6, 6.07) is 6.06. The van der Waals surface area contributed by atoms with E-state index in [0.717, 1.165) is 16.1 Å². The van der Waals surface area contributed by atoms with Crippen molar-refractivity contribution in [1.29, 1.82) is 0 Å². The zero-order valence-electron chi connectivity index (χ0n) is 10.3. The highest BCUT2D eigenvalue weighted by molar-refractivity contribution is 7.18. The van der Waals surface area contributed by atoms with Gasteiger partial charge in [0.05, 0.1) is 22.5 Å². The minimum absolute atomic E-state index is 0.198. The zero-order valence-corrected chi connectivity index (χ0v) is 11.1. The van der Waals surface area contributed by atoms with Gasteiger partial charge in [0, 0.05) is 18.8 Å². The Kier molecular flexibility index (Phi) is 2.65. The number of rotatable bonds is 2. The Balaban J connectivity index is 2.03. The van der Waals surface area contributed by atoms with Gasteiger partial charge in [-0.2, -0.15) is 5.10 Å². The number of hydrogen-bond acceptors (Lipinski definition) is 4. The quantitative estimate of drug-likeness (QED) is 0.768. The first-order chi connectivity index (χ1) is 8.63. The number of aryl methyl sites for hydroxylation is 2. The summed E-state index contributed by atoms with van der Waals surface area (Å²) in [6.45, 7) is 2.08. The third kappa shape index (κ3) is 1.91. The number of aromatic nitrogens is 3. The molecule has 2 heterocycles. The average molecular weight is 258 g/mol. The van der Waals surface area contributed by atoms with E-state index in [9.17, 15) is 0 Å². The van der Waals surface area contributed by atoms with Crippen molar-refractivity contribution < 1.29 is 0 Å². The highest BCUT2D eigenvalue weighted by atomic mass is 32.1. The molecule has 2 aromatic heterocycles. The summed E-state index contributed by atoms with van der Waals surface area (Å²) >= 11 is 1.65. The van der Waals surface area contributed by atoms with Crippen LogP contribution in [0, 0.1) is 6.92 Å². The first kappa shape index (κ1) is 11.4. The molecule has 0 amide bonds. The van der Waals surface area contributed by atoms with Crippen LogP contribution >= 0.6 is 11.3 Å². The second-order valence-corrected chi connectivity index (χ2v) is 5.51. The Labute approximate surface area is 109 Å². The van der Waals surface area contributed by atoms with Gasteiger partial charge >= 0.3 is 0 Å². The topological polar surface area (TPSA) is 56.7 Å². The molecule has 0 saturated heterocycles. The maximum atomic E-state index is 6.23. The van der Waals surface area contributed by atoms with Gasteiger partial charge in [-0.05, 0) is 24.6 Å². The number of nitrogens with two attached hydrogens (primary N) is 1. The summed E-state index contributed by atoms with van der Waals surface area (Å²) < 4.78 is 2.94. The lowest BCUT2D eigenvalue weighted by molar-refractivity contribution is 0.765. The van der Waals surface area contributed by atoms with E-state index < -0.39 is 0 Å². The molecule has 18 heavy (non-hydrogen) atoms. The summed E-state index contributed by atoms with van der Waals surface area (Å²) in [7, 11) is 1.89. The van der Waals surface area contributed by atoms with Crippen LogP contribution < -0.4 is 5.73 Å². The molecule has 3 aromatic rings. The fourth-order valence-electron chi connectivity index (χ4n) is 1.93. The van der Waals surface area contributed by atoms with Gasteiger partial charge in [-0.3, -0.25) is 4.68 Å². The third-order valence-electron chi connectivity index (χ3n) is 2.91. The summed E-state index contributed by atoms with van der Waals surface area (Å²) in [4.78, 5) is 4.60. The van der Waals surface area contributed by atoms with Crippen LogP contribution in [-0.2, 0) is 7.05 Å². The van der Waals surface area contributed by atoms with E-state index in [4.69, 9.17) is 5.73 Å². The Hall–Kier alpha value is -1.72. The molecule has 0 aliphatic heterocycles. The third-order valence-corrected chi connectivity index (χ3v) is 4.01. The van der Waals surface area contributed by atoms with E-state index in [1.807, 2.05) is 19.3 Å². The van der Waals surface area contributed by atoms with E-state index in [2.05, 4.69) is 29.1 Å². The molecule has 3 rings (SSSR count). The van der Waals surface area contributed by atoms with Crippen LogP contribution in [0.4, 0.5) is 0 Å². The molecule has 0 fully saturated rings. The van der Waals surface area contributed by atoms with Gasteiger partial charge in [0.1, 0.15) is 5.01 Å². The average Bonchev–Trinajstić information content (AvgIpc) is 2.93. The number of benzene rings is 1. The van der Waals surface area contributed by atoms with Crippen molar-refractivity contribution in [2.24, 2.45) is 12.8 Å². The molecule has 0 aliphatic carbocycles. The molecule has 0 saturated carbocycles. The van der Waals surface area contributed by atoms with E-state index in [1.54, 1.807) is 22.2 Å². The first-order valence-corrected chi connectivity index (χ1v) is 6.56. The highest BCUT2D eigenvalue weighted by Gasteiger charge is 2.15. The SMILES string of the molecule is Cc1ccc2nc(C(N)c3cnn(C)c3)sc2c1. The molecule has 5 heteroatoms. The second kappa shape index (κ2) is 4.19. The van der Waals surface area contributed by atoms with Crippen molar-refractivity contribution in [3.8, 4) is 0 Å². The van der Waals surface area contributed by atoms with Crippen LogP contribution in [-0.4, -0.2) is 14.8 Å². The van der Waals surface area contributed by atoms with E-state index in [1.165, 1.54) is 10.3 Å². The second-order valence-electron chi connectivity index (χ2n) is 4.45. The van der Waals surface area contributed by atoms with E-state index >= 15 is 0 Å². The molecule has 0 spiro atoms. The minimum Gasteiger partial charge on any atom is -0.318 e. The normalized spacial score (nSPS) is 13.1. The standard InChI is InChI=1S/C13H14N4S/c1-8-3-4-10-11(5-8)18-13(16-10)12(14)9-6-15-17(2)7-9/h3-7,12H,14H2,1-2H3. The summed E-state index contributed by atoms with van der Waals surface area (Å²) in [5.41, 5.74) is 9.48. The van der Waals surface area contributed by atoms with Gasteiger partial charge in [0.2, 0.25) is 0 Å². The predicted octanol–water partition coefficient (Wildman–Crippen LogP) is 2.39. The molecule has 2 N–H and O–H groups in total. The van der Waals surface area contributed by atoms with E-state index in [-0.39, 0.29) is 6.04 Å². The van der Waals surface area contributed by atoms with Crippen LogP contribution in [0.3, 0.4) is 0 Å². The Morgan fingerprint density at radius 3 is 2.94 bits per heavy atom. The van der Waals surface area contributed by atoms with Crippen molar-refractivity contribution in [3.63, 3.8) is 0 Å². The molecular weight excluding hydrogens is 244 g/mol. The Bertz CT molecular complexity index is 698. The van der Waals surface area contributed by atoms with Gasteiger partial charge in [-0.25, -0.2) is 4.98 Å². The van der Waals surface area contributed by atoms with Gasteiger partial charge < -0.3 is 5.73 Å². The maximum absolute atomic E-state index is 6.23. The van der Waals surface area contributed by atoms with Crippen molar-refractivity contribution >= 4 is 21.6 Å². The van der Waals surface area contributed by atoms with Gasteiger partial charge in [0.25, 0.3) is 0 Å². The minimum atomic E-state index is -0.198. The lowest BCUT2D eigenvalue weighted by Gasteiger charge is -2.03. The molecule has 1 aromatic carbocycles. The molecule has 0 aliphatic rings. The van der Waals surface area contributed by atoms with Gasteiger partial charge in [-0.1, -0.05) is 6.07 Å². The zero-order chi connectivity index (χ0) is 12.7. The molecular formula is C13H14N4S. The number of thiazole rings is 1. The molecule has 4 nitrogen and oxygen atoms in total. The largest absolute Gasteiger partial charge is 0.318 e. The molecule has 92 valence electrons. The molecule has 0 radical (unpaired) electrons. The Morgan fingerprint density at radius 1 is 1.39 bits per heavy atom. The fourth-order valence-corrected chi connectivity index (χ4v) is 3.02. The van der Waals surface area contributed by atoms with Crippen molar-refractivity contribution in [1.82, 2.24) is 14.8 Å². The number of fused-ring (bicyclic) bond motifs is 1. The molecule has 0 bridgehead atoms.